The standard InChI is InChI=1S/C39H76NO8P/c1-3-5-7-9-11-13-15-17-19-21-23-25-27-29-31-33-37(41)40(36(39(43)44)35-48-49(45,46)47)38(42)34-32-30-28-26-24-22-20-18-16-14-12-10-8-6-4-2/h36H,3-35H2,1-2H3,(H,43,44)(H2,45,46,47)/t36-/m0/s1. The first-order valence-corrected chi connectivity index (χ1v) is 21.9. The fraction of sp³-hybridized carbons (Fsp3) is 0.923. The molecule has 0 spiro atoms. The molecular formula is C39H76NO8P. The summed E-state index contributed by atoms with van der Waals surface area (Å²) in [6.45, 7) is 3.54. The molecule has 0 rings (SSSR count). The van der Waals surface area contributed by atoms with Crippen molar-refractivity contribution in [2.75, 3.05) is 6.61 Å². The molecule has 3 N–H and O–H groups in total. The lowest BCUT2D eigenvalue weighted by atomic mass is 10.0. The minimum Gasteiger partial charge on any atom is -0.480 e. The molecule has 0 aromatic carbocycles. The second-order valence-corrected chi connectivity index (χ2v) is 15.4. The zero-order valence-corrected chi connectivity index (χ0v) is 32.6. The first kappa shape index (κ1) is 47.7. The van der Waals surface area contributed by atoms with Crippen LogP contribution in [0.25, 0.3) is 0 Å². The van der Waals surface area contributed by atoms with Crippen LogP contribution in [0, 0.1) is 0 Å². The van der Waals surface area contributed by atoms with Gasteiger partial charge in [-0.2, -0.15) is 0 Å². The third kappa shape index (κ3) is 31.2. The number of carboxylic acids is 1. The Bertz CT molecular complexity index is 803. The normalized spacial score (nSPS) is 12.3. The highest BCUT2D eigenvalue weighted by atomic mass is 31.2. The van der Waals surface area contributed by atoms with Crippen LogP contribution in [0.15, 0.2) is 0 Å². The highest BCUT2D eigenvalue weighted by Gasteiger charge is 2.36. The molecule has 0 aromatic rings. The second-order valence-electron chi connectivity index (χ2n) is 14.2. The van der Waals surface area contributed by atoms with Crippen LogP contribution < -0.4 is 0 Å². The fourth-order valence-corrected chi connectivity index (χ4v) is 6.78. The van der Waals surface area contributed by atoms with Gasteiger partial charge in [0.1, 0.15) is 0 Å². The highest BCUT2D eigenvalue weighted by molar-refractivity contribution is 7.46. The molecule has 290 valence electrons. The number of nitrogens with zero attached hydrogens (tertiary/aromatic N) is 1. The fourth-order valence-electron chi connectivity index (χ4n) is 6.45. The van der Waals surface area contributed by atoms with Crippen LogP contribution in [0.2, 0.25) is 0 Å². The molecule has 0 saturated carbocycles. The number of phosphoric ester groups is 1. The topological polar surface area (TPSA) is 141 Å². The van der Waals surface area contributed by atoms with E-state index in [1.807, 2.05) is 0 Å². The maximum atomic E-state index is 13.1. The monoisotopic (exact) mass is 718 g/mol. The number of hydrogen-bond donors (Lipinski definition) is 3. The van der Waals surface area contributed by atoms with Crippen molar-refractivity contribution in [3.63, 3.8) is 0 Å². The molecule has 1 atom stereocenters. The Balaban J connectivity index is 4.39. The summed E-state index contributed by atoms with van der Waals surface area (Å²) in [4.78, 5) is 57.2. The summed E-state index contributed by atoms with van der Waals surface area (Å²) in [5, 5.41) is 9.77. The Morgan fingerprint density at radius 3 is 0.959 bits per heavy atom. The average molecular weight is 718 g/mol. The van der Waals surface area contributed by atoms with Crippen molar-refractivity contribution in [2.45, 2.75) is 225 Å². The van der Waals surface area contributed by atoms with Crippen LogP contribution in [0.3, 0.4) is 0 Å². The summed E-state index contributed by atoms with van der Waals surface area (Å²) in [5.41, 5.74) is 0. The second kappa shape index (κ2) is 33.8. The predicted octanol–water partition coefficient (Wildman–Crippen LogP) is 11.4. The van der Waals surface area contributed by atoms with Gasteiger partial charge in [-0.3, -0.25) is 19.0 Å². The van der Waals surface area contributed by atoms with E-state index in [0.29, 0.717) is 17.7 Å². The molecule has 0 radical (unpaired) electrons. The van der Waals surface area contributed by atoms with Crippen LogP contribution >= 0.6 is 7.82 Å². The van der Waals surface area contributed by atoms with Crippen LogP contribution in [0.1, 0.15) is 219 Å². The molecule has 0 aliphatic heterocycles. The lowest BCUT2D eigenvalue weighted by Crippen LogP contribution is -2.50. The summed E-state index contributed by atoms with van der Waals surface area (Å²) in [7, 11) is -4.98. The summed E-state index contributed by atoms with van der Waals surface area (Å²) >= 11 is 0. The van der Waals surface area contributed by atoms with Crippen LogP contribution in [-0.2, 0) is 23.5 Å². The first-order chi connectivity index (χ1) is 23.6. The molecule has 0 saturated heterocycles. The Hall–Kier alpha value is -1.28. The third-order valence-corrected chi connectivity index (χ3v) is 10.0. The zero-order valence-electron chi connectivity index (χ0n) is 31.7. The molecule has 0 aliphatic carbocycles. The number of rotatable bonds is 37. The molecule has 0 heterocycles. The largest absolute Gasteiger partial charge is 0.480 e. The predicted molar refractivity (Wildman–Crippen MR) is 200 cm³/mol. The van der Waals surface area contributed by atoms with E-state index in [1.54, 1.807) is 0 Å². The molecule has 0 aromatic heterocycles. The van der Waals surface area contributed by atoms with Crippen molar-refractivity contribution >= 4 is 25.6 Å². The van der Waals surface area contributed by atoms with Crippen LogP contribution in [-0.4, -0.2) is 50.2 Å². The molecule has 0 aliphatic rings. The molecule has 10 heteroatoms. The van der Waals surface area contributed by atoms with Gasteiger partial charge in [-0.25, -0.2) is 9.36 Å². The SMILES string of the molecule is CCCCCCCCCCCCCCCCCC(=O)N(C(=O)CCCCCCCCCCCCCCCCC)[C@@H](COP(=O)(O)O)C(=O)O. The molecule has 0 fully saturated rings. The number of carboxylic acid groups (broad SMARTS) is 1. The zero-order chi connectivity index (χ0) is 36.4. The van der Waals surface area contributed by atoms with Crippen molar-refractivity contribution in [3.05, 3.63) is 0 Å². The molecule has 2 amide bonds. The van der Waals surface area contributed by atoms with Crippen molar-refractivity contribution in [1.29, 1.82) is 0 Å². The molecule has 0 unspecified atom stereocenters. The van der Waals surface area contributed by atoms with E-state index in [4.69, 9.17) is 9.79 Å². The van der Waals surface area contributed by atoms with Gasteiger partial charge < -0.3 is 14.9 Å². The van der Waals surface area contributed by atoms with E-state index in [9.17, 15) is 24.1 Å². The maximum Gasteiger partial charge on any atom is 0.469 e. The summed E-state index contributed by atoms with van der Waals surface area (Å²) < 4.78 is 15.7. The van der Waals surface area contributed by atoms with Crippen molar-refractivity contribution < 1.29 is 38.4 Å². The van der Waals surface area contributed by atoms with Gasteiger partial charge in [-0.15, -0.1) is 0 Å². The summed E-state index contributed by atoms with van der Waals surface area (Å²) in [5.74, 6) is -2.77. The van der Waals surface area contributed by atoms with E-state index in [1.165, 1.54) is 128 Å². The summed E-state index contributed by atoms with van der Waals surface area (Å²) in [6.07, 6.45) is 35.4. The van der Waals surface area contributed by atoms with E-state index in [-0.39, 0.29) is 12.8 Å². The number of carbonyl (C=O) groups is 3. The van der Waals surface area contributed by atoms with Crippen LogP contribution in [0.5, 0.6) is 0 Å². The molecule has 49 heavy (non-hydrogen) atoms. The number of aliphatic carboxylic acids is 1. The van der Waals surface area contributed by atoms with E-state index in [0.717, 1.165) is 51.4 Å². The number of amides is 2. The first-order valence-electron chi connectivity index (χ1n) is 20.4. The Labute approximate surface area is 300 Å². The average Bonchev–Trinajstić information content (AvgIpc) is 3.05. The van der Waals surface area contributed by atoms with Gasteiger partial charge in [0.15, 0.2) is 6.04 Å². The van der Waals surface area contributed by atoms with Crippen molar-refractivity contribution in [2.24, 2.45) is 0 Å². The quantitative estimate of drug-likeness (QED) is 0.0426. The van der Waals surface area contributed by atoms with Gasteiger partial charge in [0.05, 0.1) is 6.61 Å². The third-order valence-electron chi connectivity index (χ3n) is 9.52. The number of phosphoric acid groups is 1. The number of carbonyl (C=O) groups excluding carboxylic acids is 2. The Morgan fingerprint density at radius 2 is 0.735 bits per heavy atom. The van der Waals surface area contributed by atoms with Gasteiger partial charge in [-0.1, -0.05) is 194 Å². The van der Waals surface area contributed by atoms with Crippen molar-refractivity contribution in [1.82, 2.24) is 4.90 Å². The molecular weight excluding hydrogens is 641 g/mol. The lowest BCUT2D eigenvalue weighted by molar-refractivity contribution is -0.159. The van der Waals surface area contributed by atoms with Gasteiger partial charge in [0.25, 0.3) is 0 Å². The van der Waals surface area contributed by atoms with Gasteiger partial charge in [0, 0.05) is 12.8 Å². The molecule has 0 bridgehead atoms. The van der Waals surface area contributed by atoms with E-state index in [2.05, 4.69) is 18.4 Å². The lowest BCUT2D eigenvalue weighted by Gasteiger charge is -2.27. The smallest absolute Gasteiger partial charge is 0.469 e. The Kier molecular flexibility index (Phi) is 33.0. The van der Waals surface area contributed by atoms with Gasteiger partial charge in [0.2, 0.25) is 11.8 Å². The minimum absolute atomic E-state index is 0.0164. The number of hydrogen-bond acceptors (Lipinski definition) is 5. The summed E-state index contributed by atoms with van der Waals surface area (Å²) in [6, 6.07) is -1.78. The van der Waals surface area contributed by atoms with Crippen LogP contribution in [0.4, 0.5) is 0 Å². The van der Waals surface area contributed by atoms with E-state index >= 15 is 0 Å². The number of unbranched alkanes of at least 4 members (excludes halogenated alkanes) is 28. The van der Waals surface area contributed by atoms with E-state index < -0.39 is 38.3 Å². The Morgan fingerprint density at radius 1 is 0.490 bits per heavy atom. The molecule has 9 nitrogen and oxygen atoms in total. The minimum atomic E-state index is -4.98. The van der Waals surface area contributed by atoms with Gasteiger partial charge in [-0.05, 0) is 12.8 Å². The number of imide groups is 1. The van der Waals surface area contributed by atoms with Crippen molar-refractivity contribution in [3.8, 4) is 0 Å². The highest BCUT2D eigenvalue weighted by Crippen LogP contribution is 2.36. The van der Waals surface area contributed by atoms with Gasteiger partial charge >= 0.3 is 13.8 Å². The maximum absolute atomic E-state index is 13.1.